The van der Waals surface area contributed by atoms with E-state index in [2.05, 4.69) is 20.3 Å². The number of carbonyl (C=O) groups is 1. The molecule has 2 saturated heterocycles. The van der Waals surface area contributed by atoms with Gasteiger partial charge in [0.2, 0.25) is 5.91 Å². The number of nitrogens with one attached hydrogen (secondary N) is 1. The van der Waals surface area contributed by atoms with E-state index in [1.54, 1.807) is 11.7 Å². The maximum absolute atomic E-state index is 12.4. The molecule has 0 aliphatic carbocycles. The van der Waals surface area contributed by atoms with Crippen molar-refractivity contribution in [1.29, 1.82) is 0 Å². The molecule has 25 heavy (non-hydrogen) atoms. The minimum atomic E-state index is -0.148. The van der Waals surface area contributed by atoms with Crippen LogP contribution in [0.15, 0.2) is 17.3 Å². The van der Waals surface area contributed by atoms with E-state index in [1.165, 1.54) is 36.4 Å². The lowest BCUT2D eigenvalue weighted by molar-refractivity contribution is -0.122. The van der Waals surface area contributed by atoms with E-state index in [0.717, 1.165) is 19.5 Å². The van der Waals surface area contributed by atoms with E-state index >= 15 is 0 Å². The Hall–Kier alpha value is -2.22. The summed E-state index contributed by atoms with van der Waals surface area (Å²) in [6, 6.07) is 0.747. The van der Waals surface area contributed by atoms with Crippen molar-refractivity contribution in [2.24, 2.45) is 7.05 Å². The SMILES string of the molecule is Cn1ncc2c(=O)n(CCC(=O)N[C@@H]3CCN4CCCC[C@@H]34)cnc21. The van der Waals surface area contributed by atoms with Gasteiger partial charge in [-0.3, -0.25) is 23.7 Å². The van der Waals surface area contributed by atoms with Crippen LogP contribution in [0.2, 0.25) is 0 Å². The highest BCUT2D eigenvalue weighted by Crippen LogP contribution is 2.27. The first kappa shape index (κ1) is 16.3. The van der Waals surface area contributed by atoms with Crippen LogP contribution in [0.25, 0.3) is 11.0 Å². The molecule has 1 amide bonds. The lowest BCUT2D eigenvalue weighted by atomic mass is 9.99. The number of amides is 1. The summed E-state index contributed by atoms with van der Waals surface area (Å²) < 4.78 is 3.06. The van der Waals surface area contributed by atoms with Gasteiger partial charge in [-0.2, -0.15) is 5.10 Å². The Balaban J connectivity index is 1.37. The van der Waals surface area contributed by atoms with Gasteiger partial charge in [0.1, 0.15) is 5.39 Å². The number of aryl methyl sites for hydroxylation is 2. The fraction of sp³-hybridized carbons (Fsp3) is 0.647. The van der Waals surface area contributed by atoms with Gasteiger partial charge in [-0.15, -0.1) is 0 Å². The molecule has 0 bridgehead atoms. The first-order valence-electron chi connectivity index (χ1n) is 9.04. The number of piperidine rings is 1. The Kier molecular flexibility index (Phi) is 4.29. The zero-order chi connectivity index (χ0) is 17.4. The van der Waals surface area contributed by atoms with Gasteiger partial charge in [0.15, 0.2) is 5.65 Å². The van der Waals surface area contributed by atoms with E-state index in [0.29, 0.717) is 23.6 Å². The second-order valence-corrected chi connectivity index (χ2v) is 7.06. The van der Waals surface area contributed by atoms with Gasteiger partial charge in [0, 0.05) is 38.6 Å². The predicted molar refractivity (Wildman–Crippen MR) is 93.1 cm³/mol. The normalized spacial score (nSPS) is 23.7. The van der Waals surface area contributed by atoms with Crippen LogP contribution >= 0.6 is 0 Å². The molecule has 2 atom stereocenters. The molecule has 0 saturated carbocycles. The average Bonchev–Trinajstić information content (AvgIpc) is 3.19. The van der Waals surface area contributed by atoms with Crippen molar-refractivity contribution in [3.63, 3.8) is 0 Å². The third kappa shape index (κ3) is 3.06. The summed E-state index contributed by atoms with van der Waals surface area (Å²) in [6.07, 6.45) is 8.03. The minimum absolute atomic E-state index is 0.00982. The van der Waals surface area contributed by atoms with Crippen LogP contribution < -0.4 is 10.9 Å². The monoisotopic (exact) mass is 344 g/mol. The summed E-state index contributed by atoms with van der Waals surface area (Å²) in [6.45, 7) is 2.57. The third-order valence-electron chi connectivity index (χ3n) is 5.50. The molecule has 134 valence electrons. The molecular formula is C17H24N6O2. The molecule has 4 heterocycles. The molecule has 2 fully saturated rings. The summed E-state index contributed by atoms with van der Waals surface area (Å²) in [5.41, 5.74) is 0.416. The lowest BCUT2D eigenvalue weighted by Gasteiger charge is -2.32. The lowest BCUT2D eigenvalue weighted by Crippen LogP contribution is -2.47. The molecule has 1 N–H and O–H groups in total. The van der Waals surface area contributed by atoms with Crippen molar-refractivity contribution in [1.82, 2.24) is 29.5 Å². The number of hydrogen-bond donors (Lipinski definition) is 1. The largest absolute Gasteiger partial charge is 0.352 e. The molecule has 0 spiro atoms. The number of rotatable bonds is 4. The smallest absolute Gasteiger partial charge is 0.264 e. The van der Waals surface area contributed by atoms with Crippen LogP contribution in [0.3, 0.4) is 0 Å². The summed E-state index contributed by atoms with van der Waals surface area (Å²) in [5.74, 6) is 0.00982. The number of aromatic nitrogens is 4. The zero-order valence-corrected chi connectivity index (χ0v) is 14.5. The molecule has 2 aromatic heterocycles. The van der Waals surface area contributed by atoms with E-state index in [9.17, 15) is 9.59 Å². The zero-order valence-electron chi connectivity index (χ0n) is 14.5. The van der Waals surface area contributed by atoms with Gasteiger partial charge < -0.3 is 5.32 Å². The Labute approximate surface area is 145 Å². The van der Waals surface area contributed by atoms with Crippen LogP contribution in [0, 0.1) is 0 Å². The minimum Gasteiger partial charge on any atom is -0.352 e. The molecule has 8 heteroatoms. The topological polar surface area (TPSA) is 85.0 Å². The Morgan fingerprint density at radius 3 is 3.08 bits per heavy atom. The van der Waals surface area contributed by atoms with Crippen molar-refractivity contribution in [3.05, 3.63) is 22.9 Å². The quantitative estimate of drug-likeness (QED) is 0.860. The van der Waals surface area contributed by atoms with E-state index in [1.807, 2.05) is 0 Å². The number of carbonyl (C=O) groups excluding carboxylic acids is 1. The number of fused-ring (bicyclic) bond motifs is 2. The summed E-state index contributed by atoms with van der Waals surface area (Å²) in [5, 5.41) is 7.72. The summed E-state index contributed by atoms with van der Waals surface area (Å²) in [4.78, 5) is 31.5. The Morgan fingerprint density at radius 1 is 1.32 bits per heavy atom. The summed E-state index contributed by atoms with van der Waals surface area (Å²) in [7, 11) is 1.75. The van der Waals surface area contributed by atoms with Crippen molar-refractivity contribution in [2.45, 2.75) is 50.7 Å². The Bertz CT molecular complexity index is 841. The fourth-order valence-corrected chi connectivity index (χ4v) is 4.14. The average molecular weight is 344 g/mol. The highest BCUT2D eigenvalue weighted by molar-refractivity contribution is 5.76. The van der Waals surface area contributed by atoms with Gasteiger partial charge in [0.25, 0.3) is 5.56 Å². The van der Waals surface area contributed by atoms with E-state index < -0.39 is 0 Å². The van der Waals surface area contributed by atoms with E-state index in [4.69, 9.17) is 0 Å². The van der Waals surface area contributed by atoms with Gasteiger partial charge in [-0.05, 0) is 25.8 Å². The van der Waals surface area contributed by atoms with Crippen LogP contribution in [0.4, 0.5) is 0 Å². The van der Waals surface area contributed by atoms with Gasteiger partial charge in [0.05, 0.1) is 12.5 Å². The molecule has 8 nitrogen and oxygen atoms in total. The number of hydrogen-bond acceptors (Lipinski definition) is 5. The van der Waals surface area contributed by atoms with Crippen LogP contribution in [0.1, 0.15) is 32.1 Å². The van der Waals surface area contributed by atoms with Crippen LogP contribution in [-0.2, 0) is 18.4 Å². The second-order valence-electron chi connectivity index (χ2n) is 7.06. The van der Waals surface area contributed by atoms with Crippen molar-refractivity contribution < 1.29 is 4.79 Å². The molecule has 0 radical (unpaired) electrons. The summed E-state index contributed by atoms with van der Waals surface area (Å²) >= 11 is 0. The predicted octanol–water partition coefficient (Wildman–Crippen LogP) is 0.263. The second kappa shape index (κ2) is 6.59. The molecule has 4 rings (SSSR count). The molecular weight excluding hydrogens is 320 g/mol. The third-order valence-corrected chi connectivity index (χ3v) is 5.50. The van der Waals surface area contributed by atoms with Crippen molar-refractivity contribution >= 4 is 16.9 Å². The highest BCUT2D eigenvalue weighted by Gasteiger charge is 2.36. The first-order chi connectivity index (χ1) is 12.1. The molecule has 0 aromatic carbocycles. The number of nitrogens with zero attached hydrogens (tertiary/aromatic N) is 5. The van der Waals surface area contributed by atoms with Crippen molar-refractivity contribution in [2.75, 3.05) is 13.1 Å². The maximum atomic E-state index is 12.4. The van der Waals surface area contributed by atoms with Crippen LogP contribution in [0.5, 0.6) is 0 Å². The molecule has 0 unspecified atom stereocenters. The van der Waals surface area contributed by atoms with Gasteiger partial charge in [-0.1, -0.05) is 6.42 Å². The standard InChI is InChI=1S/C17H24N6O2/c1-21-16-12(10-19-21)17(25)23(11-18-16)9-6-15(24)20-13-5-8-22-7-3-2-4-14(13)22/h10-11,13-14H,2-9H2,1H3,(H,20,24)/t13-,14+/m1/s1. The van der Waals surface area contributed by atoms with Crippen molar-refractivity contribution in [3.8, 4) is 0 Å². The van der Waals surface area contributed by atoms with Crippen LogP contribution in [-0.4, -0.2) is 55.3 Å². The van der Waals surface area contributed by atoms with Gasteiger partial charge in [-0.25, -0.2) is 4.98 Å². The molecule has 2 aliphatic rings. The van der Waals surface area contributed by atoms with Gasteiger partial charge >= 0.3 is 0 Å². The van der Waals surface area contributed by atoms with E-state index in [-0.39, 0.29) is 23.9 Å². The fourth-order valence-electron chi connectivity index (χ4n) is 4.14. The maximum Gasteiger partial charge on any atom is 0.264 e. The molecule has 2 aliphatic heterocycles. The molecule has 2 aromatic rings. The highest BCUT2D eigenvalue weighted by atomic mass is 16.2. The first-order valence-corrected chi connectivity index (χ1v) is 9.04. The Morgan fingerprint density at radius 2 is 2.20 bits per heavy atom.